The second-order valence-corrected chi connectivity index (χ2v) is 5.35. The first-order valence-electron chi connectivity index (χ1n) is 6.40. The summed E-state index contributed by atoms with van der Waals surface area (Å²) in [5.41, 5.74) is 1.92. The molecule has 2 N–H and O–H groups in total. The molecule has 1 aliphatic rings. The molecule has 0 saturated heterocycles. The van der Waals surface area contributed by atoms with E-state index in [2.05, 4.69) is 10.6 Å². The summed E-state index contributed by atoms with van der Waals surface area (Å²) in [5, 5.41) is 7.43. The Kier molecular flexibility index (Phi) is 4.13. The fraction of sp³-hybridized carbons (Fsp3) is 0.133. The first-order valence-corrected chi connectivity index (χ1v) is 7.18. The lowest BCUT2D eigenvalue weighted by molar-refractivity contribution is 0.174. The second kappa shape index (κ2) is 6.20. The van der Waals surface area contributed by atoms with Crippen LogP contribution in [0.2, 0.25) is 5.02 Å². The molecule has 0 aliphatic carbocycles. The van der Waals surface area contributed by atoms with Crippen molar-refractivity contribution in [2.24, 2.45) is 0 Å². The summed E-state index contributed by atoms with van der Waals surface area (Å²) in [4.78, 5) is 0. The minimum Gasteiger partial charge on any atom is -0.454 e. The Bertz CT molecular complexity index is 678. The fourth-order valence-electron chi connectivity index (χ4n) is 1.97. The molecule has 0 atom stereocenters. The second-order valence-electron chi connectivity index (χ2n) is 4.51. The van der Waals surface area contributed by atoms with Gasteiger partial charge in [0.25, 0.3) is 0 Å². The van der Waals surface area contributed by atoms with E-state index in [0.29, 0.717) is 16.7 Å². The molecule has 0 amide bonds. The van der Waals surface area contributed by atoms with Crippen molar-refractivity contribution < 1.29 is 9.47 Å². The van der Waals surface area contributed by atoms with E-state index in [1.807, 2.05) is 42.5 Å². The average molecular weight is 321 g/mol. The van der Waals surface area contributed by atoms with Crippen molar-refractivity contribution in [3.63, 3.8) is 0 Å². The van der Waals surface area contributed by atoms with E-state index in [1.54, 1.807) is 0 Å². The van der Waals surface area contributed by atoms with Crippen LogP contribution in [0.1, 0.15) is 5.56 Å². The molecular formula is C15H13ClN2O2S. The number of benzene rings is 2. The molecular weight excluding hydrogens is 308 g/mol. The number of hydrogen-bond acceptors (Lipinski definition) is 3. The summed E-state index contributed by atoms with van der Waals surface area (Å²) in [5.74, 6) is 1.54. The number of nitrogens with one attached hydrogen (secondary N) is 2. The van der Waals surface area contributed by atoms with Gasteiger partial charge in [0, 0.05) is 17.3 Å². The first-order chi connectivity index (χ1) is 10.2. The highest BCUT2D eigenvalue weighted by atomic mass is 35.5. The molecule has 2 aromatic carbocycles. The van der Waals surface area contributed by atoms with Gasteiger partial charge >= 0.3 is 0 Å². The van der Waals surface area contributed by atoms with Crippen LogP contribution in [-0.4, -0.2) is 11.9 Å². The number of hydrogen-bond donors (Lipinski definition) is 2. The lowest BCUT2D eigenvalue weighted by atomic mass is 10.2. The number of anilines is 1. The van der Waals surface area contributed by atoms with E-state index in [9.17, 15) is 0 Å². The van der Waals surface area contributed by atoms with E-state index < -0.39 is 0 Å². The number of fused-ring (bicyclic) bond motifs is 1. The highest BCUT2D eigenvalue weighted by Crippen LogP contribution is 2.32. The van der Waals surface area contributed by atoms with Gasteiger partial charge in [0.05, 0.1) is 0 Å². The van der Waals surface area contributed by atoms with E-state index >= 15 is 0 Å². The van der Waals surface area contributed by atoms with Gasteiger partial charge in [-0.05, 0) is 48.1 Å². The van der Waals surface area contributed by atoms with Crippen LogP contribution < -0.4 is 20.1 Å². The zero-order valence-electron chi connectivity index (χ0n) is 11.1. The lowest BCUT2D eigenvalue weighted by Gasteiger charge is -2.11. The van der Waals surface area contributed by atoms with Crippen molar-refractivity contribution in [2.45, 2.75) is 6.54 Å². The van der Waals surface area contributed by atoms with E-state index in [1.165, 1.54) is 0 Å². The molecule has 0 aromatic heterocycles. The quantitative estimate of drug-likeness (QED) is 0.847. The molecule has 6 heteroatoms. The normalized spacial score (nSPS) is 12.0. The van der Waals surface area contributed by atoms with Crippen molar-refractivity contribution in [1.82, 2.24) is 5.32 Å². The molecule has 0 unspecified atom stereocenters. The van der Waals surface area contributed by atoms with Gasteiger partial charge < -0.3 is 20.1 Å². The number of halogens is 1. The van der Waals surface area contributed by atoms with Crippen LogP contribution in [0.15, 0.2) is 42.5 Å². The van der Waals surface area contributed by atoms with Crippen molar-refractivity contribution in [2.75, 3.05) is 12.1 Å². The van der Waals surface area contributed by atoms with E-state index in [4.69, 9.17) is 33.3 Å². The molecule has 1 heterocycles. The molecule has 2 aromatic rings. The van der Waals surface area contributed by atoms with Crippen molar-refractivity contribution in [3.8, 4) is 11.5 Å². The SMILES string of the molecule is S=C(NCc1ccc2c(c1)OCO2)Nc1cccc(Cl)c1. The van der Waals surface area contributed by atoms with Gasteiger partial charge in [0.2, 0.25) is 6.79 Å². The maximum atomic E-state index is 5.93. The molecule has 0 bridgehead atoms. The summed E-state index contributed by atoms with van der Waals surface area (Å²) in [7, 11) is 0. The number of rotatable bonds is 3. The molecule has 3 rings (SSSR count). The zero-order valence-corrected chi connectivity index (χ0v) is 12.6. The standard InChI is InChI=1S/C15H13ClN2O2S/c16-11-2-1-3-12(7-11)18-15(21)17-8-10-4-5-13-14(6-10)20-9-19-13/h1-7H,8-9H2,(H2,17,18,21). The van der Waals surface area contributed by atoms with Crippen LogP contribution in [0, 0.1) is 0 Å². The highest BCUT2D eigenvalue weighted by Gasteiger charge is 2.13. The Morgan fingerprint density at radius 2 is 2.00 bits per heavy atom. The van der Waals surface area contributed by atoms with Crippen molar-refractivity contribution in [3.05, 3.63) is 53.1 Å². The van der Waals surface area contributed by atoms with Gasteiger partial charge in [0.1, 0.15) is 0 Å². The van der Waals surface area contributed by atoms with Crippen LogP contribution in [0.25, 0.3) is 0 Å². The molecule has 0 radical (unpaired) electrons. The van der Waals surface area contributed by atoms with Crippen LogP contribution in [0.4, 0.5) is 5.69 Å². The van der Waals surface area contributed by atoms with Gasteiger partial charge in [-0.2, -0.15) is 0 Å². The van der Waals surface area contributed by atoms with Gasteiger partial charge in [-0.25, -0.2) is 0 Å². The average Bonchev–Trinajstić information content (AvgIpc) is 2.92. The largest absolute Gasteiger partial charge is 0.454 e. The minimum absolute atomic E-state index is 0.279. The molecule has 108 valence electrons. The molecule has 21 heavy (non-hydrogen) atoms. The Morgan fingerprint density at radius 1 is 1.14 bits per heavy atom. The Hall–Kier alpha value is -1.98. The van der Waals surface area contributed by atoms with E-state index in [-0.39, 0.29) is 6.79 Å². The Balaban J connectivity index is 1.56. The van der Waals surface area contributed by atoms with Gasteiger partial charge in [-0.15, -0.1) is 0 Å². The van der Waals surface area contributed by atoms with Crippen LogP contribution >= 0.6 is 23.8 Å². The molecule has 0 spiro atoms. The summed E-state index contributed by atoms with van der Waals surface area (Å²) < 4.78 is 10.6. The highest BCUT2D eigenvalue weighted by molar-refractivity contribution is 7.80. The third kappa shape index (κ3) is 3.56. The summed E-state index contributed by atoms with van der Waals surface area (Å²) in [6, 6.07) is 13.2. The lowest BCUT2D eigenvalue weighted by Crippen LogP contribution is -2.27. The topological polar surface area (TPSA) is 42.5 Å². The molecule has 0 saturated carbocycles. The zero-order chi connectivity index (χ0) is 14.7. The first kappa shape index (κ1) is 14.0. The van der Waals surface area contributed by atoms with Gasteiger partial charge in [-0.1, -0.05) is 23.7 Å². The summed E-state index contributed by atoms with van der Waals surface area (Å²) in [6.07, 6.45) is 0. The van der Waals surface area contributed by atoms with E-state index in [0.717, 1.165) is 22.7 Å². The predicted octanol–water partition coefficient (Wildman–Crippen LogP) is 3.56. The fourth-order valence-corrected chi connectivity index (χ4v) is 2.36. The van der Waals surface area contributed by atoms with Crippen LogP contribution in [0.5, 0.6) is 11.5 Å². The molecule has 0 fully saturated rings. The monoisotopic (exact) mass is 320 g/mol. The number of thiocarbonyl (C=S) groups is 1. The van der Waals surface area contributed by atoms with Crippen molar-refractivity contribution >= 4 is 34.6 Å². The maximum absolute atomic E-state index is 5.93. The molecule has 1 aliphatic heterocycles. The smallest absolute Gasteiger partial charge is 0.231 e. The summed E-state index contributed by atoms with van der Waals surface area (Å²) in [6.45, 7) is 0.879. The Labute approximate surface area is 133 Å². The van der Waals surface area contributed by atoms with Gasteiger partial charge in [-0.3, -0.25) is 0 Å². The third-order valence-corrected chi connectivity index (χ3v) is 3.45. The van der Waals surface area contributed by atoms with Gasteiger partial charge in [0.15, 0.2) is 16.6 Å². The summed E-state index contributed by atoms with van der Waals surface area (Å²) >= 11 is 11.2. The molecule has 4 nitrogen and oxygen atoms in total. The maximum Gasteiger partial charge on any atom is 0.231 e. The number of ether oxygens (including phenoxy) is 2. The predicted molar refractivity (Wildman–Crippen MR) is 87.1 cm³/mol. The van der Waals surface area contributed by atoms with Crippen molar-refractivity contribution in [1.29, 1.82) is 0 Å². The minimum atomic E-state index is 0.279. The third-order valence-electron chi connectivity index (χ3n) is 2.97. The van der Waals surface area contributed by atoms with Crippen LogP contribution in [-0.2, 0) is 6.54 Å². The van der Waals surface area contributed by atoms with Crippen LogP contribution in [0.3, 0.4) is 0 Å². The Morgan fingerprint density at radius 3 is 2.86 bits per heavy atom.